The van der Waals surface area contributed by atoms with Crippen molar-refractivity contribution >= 4 is 17.7 Å². The summed E-state index contributed by atoms with van der Waals surface area (Å²) in [5.74, 6) is -1.90. The van der Waals surface area contributed by atoms with Gasteiger partial charge in [0.1, 0.15) is 11.9 Å². The number of carboxylic acid groups (broad SMARTS) is 1. The zero-order valence-corrected chi connectivity index (χ0v) is 12.0. The third kappa shape index (κ3) is 2.25. The maximum absolute atomic E-state index is 12.6. The van der Waals surface area contributed by atoms with E-state index in [0.717, 1.165) is 12.5 Å². The van der Waals surface area contributed by atoms with Gasteiger partial charge in [-0.15, -0.1) is 0 Å². The number of fused-ring (bicyclic) bond motifs is 1. The Kier molecular flexibility index (Phi) is 3.71. The molecule has 5 atom stereocenters. The molecule has 0 spiro atoms. The summed E-state index contributed by atoms with van der Waals surface area (Å²) < 4.78 is 5.41. The quantitative estimate of drug-likeness (QED) is 0.627. The molecule has 5 heteroatoms. The Morgan fingerprint density at radius 2 is 2.15 bits per heavy atom. The first-order valence-corrected chi connectivity index (χ1v) is 6.93. The van der Waals surface area contributed by atoms with E-state index in [1.54, 1.807) is 6.92 Å². The van der Waals surface area contributed by atoms with Gasteiger partial charge in [0.2, 0.25) is 0 Å². The summed E-state index contributed by atoms with van der Waals surface area (Å²) in [7, 11) is 0. The first-order chi connectivity index (χ1) is 9.27. The van der Waals surface area contributed by atoms with Crippen molar-refractivity contribution in [2.24, 2.45) is 23.2 Å². The molecule has 1 aliphatic heterocycles. The average Bonchev–Trinajstić information content (AvgIpc) is 2.86. The molecule has 110 valence electrons. The van der Waals surface area contributed by atoms with Crippen molar-refractivity contribution in [1.29, 1.82) is 0 Å². The third-order valence-corrected chi connectivity index (χ3v) is 4.77. The van der Waals surface area contributed by atoms with Crippen LogP contribution in [-0.2, 0) is 19.1 Å². The Bertz CT molecular complexity index is 481. The lowest BCUT2D eigenvalue weighted by Crippen LogP contribution is -2.40. The van der Waals surface area contributed by atoms with Crippen molar-refractivity contribution in [3.05, 3.63) is 12.2 Å². The van der Waals surface area contributed by atoms with E-state index in [9.17, 15) is 14.4 Å². The Labute approximate surface area is 118 Å². The van der Waals surface area contributed by atoms with Crippen LogP contribution in [0.1, 0.15) is 33.6 Å². The number of hydrogen-bond acceptors (Lipinski definition) is 4. The molecular weight excluding hydrogens is 260 g/mol. The summed E-state index contributed by atoms with van der Waals surface area (Å²) in [6.07, 6.45) is 3.50. The van der Waals surface area contributed by atoms with Crippen LogP contribution in [0, 0.1) is 23.2 Å². The fourth-order valence-corrected chi connectivity index (χ4v) is 3.47. The van der Waals surface area contributed by atoms with Gasteiger partial charge in [0.15, 0.2) is 0 Å². The maximum atomic E-state index is 12.6. The van der Waals surface area contributed by atoms with Crippen LogP contribution >= 0.6 is 0 Å². The Morgan fingerprint density at radius 3 is 2.75 bits per heavy atom. The van der Waals surface area contributed by atoms with Gasteiger partial charge in [-0.25, -0.2) is 4.79 Å². The van der Waals surface area contributed by atoms with Crippen molar-refractivity contribution in [1.82, 2.24) is 0 Å². The molecule has 0 aromatic heterocycles. The van der Waals surface area contributed by atoms with Crippen molar-refractivity contribution in [3.63, 3.8) is 0 Å². The third-order valence-electron chi connectivity index (χ3n) is 4.77. The Morgan fingerprint density at radius 1 is 1.50 bits per heavy atom. The largest absolute Gasteiger partial charge is 0.478 e. The van der Waals surface area contributed by atoms with Crippen molar-refractivity contribution in [2.75, 3.05) is 0 Å². The number of carbonyl (C=O) groups is 3. The number of rotatable bonds is 4. The van der Waals surface area contributed by atoms with Crippen LogP contribution in [0.2, 0.25) is 0 Å². The van der Waals surface area contributed by atoms with E-state index in [-0.39, 0.29) is 29.7 Å². The van der Waals surface area contributed by atoms with Gasteiger partial charge in [-0.3, -0.25) is 9.59 Å². The molecule has 2 fully saturated rings. The molecular formula is C15H20O5. The normalized spacial score (nSPS) is 37.8. The second-order valence-electron chi connectivity index (χ2n) is 6.12. The molecule has 1 aliphatic carbocycles. The molecule has 0 bridgehead atoms. The van der Waals surface area contributed by atoms with Crippen molar-refractivity contribution in [3.8, 4) is 0 Å². The van der Waals surface area contributed by atoms with E-state index >= 15 is 0 Å². The molecule has 1 saturated carbocycles. The summed E-state index contributed by atoms with van der Waals surface area (Å²) in [4.78, 5) is 34.8. The number of allylic oxidation sites excluding steroid dienone is 1. The van der Waals surface area contributed by atoms with Gasteiger partial charge in [0.25, 0.3) is 0 Å². The maximum Gasteiger partial charge on any atom is 0.327 e. The second-order valence-corrected chi connectivity index (χ2v) is 6.12. The van der Waals surface area contributed by atoms with E-state index in [1.807, 2.05) is 13.8 Å². The SMILES string of the molecule is CC(C=CC(=O)O)C(=O)C1(C)CCC2C(C)C(=O)OC21. The molecule has 1 saturated heterocycles. The van der Waals surface area contributed by atoms with Crippen LogP contribution in [0.25, 0.3) is 0 Å². The molecule has 0 amide bonds. The highest BCUT2D eigenvalue weighted by atomic mass is 16.6. The van der Waals surface area contributed by atoms with Gasteiger partial charge in [-0.05, 0) is 19.8 Å². The lowest BCUT2D eigenvalue weighted by Gasteiger charge is -2.30. The second kappa shape index (κ2) is 5.04. The van der Waals surface area contributed by atoms with E-state index < -0.39 is 17.3 Å². The number of hydrogen-bond donors (Lipinski definition) is 1. The van der Waals surface area contributed by atoms with Gasteiger partial charge in [0, 0.05) is 17.9 Å². The number of ether oxygens (including phenoxy) is 1. The predicted octanol–water partition coefficient (Wildman–Crippen LogP) is 1.81. The molecule has 1 heterocycles. The molecule has 5 nitrogen and oxygen atoms in total. The van der Waals surface area contributed by atoms with E-state index in [1.165, 1.54) is 6.08 Å². The fraction of sp³-hybridized carbons (Fsp3) is 0.667. The molecule has 0 aromatic rings. The van der Waals surface area contributed by atoms with Crippen LogP contribution < -0.4 is 0 Å². The minimum atomic E-state index is -1.07. The summed E-state index contributed by atoms with van der Waals surface area (Å²) in [5, 5.41) is 8.63. The first-order valence-electron chi connectivity index (χ1n) is 6.93. The lowest BCUT2D eigenvalue weighted by atomic mass is 9.75. The minimum absolute atomic E-state index is 0.0515. The molecule has 0 aromatic carbocycles. The lowest BCUT2D eigenvalue weighted by molar-refractivity contribution is -0.151. The summed E-state index contributed by atoms with van der Waals surface area (Å²) >= 11 is 0. The highest BCUT2D eigenvalue weighted by Gasteiger charge is 2.58. The van der Waals surface area contributed by atoms with Crippen LogP contribution in [-0.4, -0.2) is 28.9 Å². The standard InChI is InChI=1S/C15H20O5/c1-8(4-5-11(16)17)12(18)15(3)7-6-10-9(2)14(19)20-13(10)15/h4-5,8-10,13H,6-7H2,1-3H3,(H,16,17). The number of carbonyl (C=O) groups excluding carboxylic acids is 2. The van der Waals surface area contributed by atoms with Crippen LogP contribution in [0.4, 0.5) is 0 Å². The van der Waals surface area contributed by atoms with Crippen molar-refractivity contribution < 1.29 is 24.2 Å². The van der Waals surface area contributed by atoms with Gasteiger partial charge < -0.3 is 9.84 Å². The molecule has 2 aliphatic rings. The zero-order chi connectivity index (χ0) is 15.1. The Hall–Kier alpha value is -1.65. The number of ketones is 1. The average molecular weight is 280 g/mol. The first kappa shape index (κ1) is 14.8. The van der Waals surface area contributed by atoms with Crippen LogP contribution in [0.5, 0.6) is 0 Å². The number of Topliss-reactive ketones (excluding diaryl/α,β-unsaturated/α-hetero) is 1. The minimum Gasteiger partial charge on any atom is -0.478 e. The monoisotopic (exact) mass is 280 g/mol. The highest BCUT2D eigenvalue weighted by molar-refractivity contribution is 5.91. The van der Waals surface area contributed by atoms with E-state index in [0.29, 0.717) is 6.42 Å². The number of carboxylic acids is 1. The molecule has 1 N–H and O–H groups in total. The molecule has 0 radical (unpaired) electrons. The highest BCUT2D eigenvalue weighted by Crippen LogP contribution is 2.52. The van der Waals surface area contributed by atoms with E-state index in [2.05, 4.69) is 0 Å². The van der Waals surface area contributed by atoms with E-state index in [4.69, 9.17) is 9.84 Å². The van der Waals surface area contributed by atoms with Gasteiger partial charge in [-0.2, -0.15) is 0 Å². The Balaban J connectivity index is 2.17. The predicted molar refractivity (Wildman–Crippen MR) is 70.8 cm³/mol. The van der Waals surface area contributed by atoms with Gasteiger partial charge in [-0.1, -0.05) is 19.9 Å². The summed E-state index contributed by atoms with van der Waals surface area (Å²) in [6, 6.07) is 0. The summed E-state index contributed by atoms with van der Waals surface area (Å²) in [5.41, 5.74) is -0.701. The smallest absolute Gasteiger partial charge is 0.327 e. The summed E-state index contributed by atoms with van der Waals surface area (Å²) in [6.45, 7) is 5.36. The molecule has 20 heavy (non-hydrogen) atoms. The fourth-order valence-electron chi connectivity index (χ4n) is 3.47. The van der Waals surface area contributed by atoms with Crippen LogP contribution in [0.3, 0.4) is 0 Å². The van der Waals surface area contributed by atoms with Crippen molar-refractivity contribution in [2.45, 2.75) is 39.7 Å². The van der Waals surface area contributed by atoms with Gasteiger partial charge >= 0.3 is 11.9 Å². The van der Waals surface area contributed by atoms with Gasteiger partial charge in [0.05, 0.1) is 11.3 Å². The zero-order valence-electron chi connectivity index (χ0n) is 12.0. The molecule has 2 rings (SSSR count). The topological polar surface area (TPSA) is 80.7 Å². The number of aliphatic carboxylic acids is 1. The van der Waals surface area contributed by atoms with Crippen LogP contribution in [0.15, 0.2) is 12.2 Å². The molecule has 5 unspecified atom stereocenters. The number of esters is 1.